The Bertz CT molecular complexity index is 598. The van der Waals surface area contributed by atoms with Crippen LogP contribution in [0.5, 0.6) is 0 Å². The van der Waals surface area contributed by atoms with Crippen molar-refractivity contribution in [3.8, 4) is 0 Å². The minimum atomic E-state index is -1.10. The number of aromatic nitrogens is 2. The number of carboxylic acids is 1. The summed E-state index contributed by atoms with van der Waals surface area (Å²) >= 11 is 0. The minimum Gasteiger partial charge on any atom is -0.480 e. The smallest absolute Gasteiger partial charge is 0.329 e. The summed E-state index contributed by atoms with van der Waals surface area (Å²) in [4.78, 5) is 24.2. The van der Waals surface area contributed by atoms with Gasteiger partial charge in [0.15, 0.2) is 0 Å². The molecule has 1 heterocycles. The van der Waals surface area contributed by atoms with Crippen LogP contribution in [0, 0.1) is 19.8 Å². The number of carboxylic acid groups (broad SMARTS) is 1. The summed E-state index contributed by atoms with van der Waals surface area (Å²) in [6.07, 6.45) is 3.98. The lowest BCUT2D eigenvalue weighted by atomic mass is 9.75. The Morgan fingerprint density at radius 2 is 1.96 bits per heavy atom. The van der Waals surface area contributed by atoms with E-state index in [2.05, 4.69) is 17.3 Å². The van der Waals surface area contributed by atoms with Crippen molar-refractivity contribution in [1.29, 1.82) is 0 Å². The minimum absolute atomic E-state index is 0.178. The third-order valence-corrected chi connectivity index (χ3v) is 5.32. The van der Waals surface area contributed by atoms with Crippen LogP contribution >= 0.6 is 0 Å². The van der Waals surface area contributed by atoms with Gasteiger partial charge in [-0.05, 0) is 45.4 Å². The van der Waals surface area contributed by atoms with Crippen LogP contribution < -0.4 is 5.32 Å². The number of rotatable bonds is 5. The highest BCUT2D eigenvalue weighted by Crippen LogP contribution is 2.34. The van der Waals surface area contributed by atoms with E-state index in [1.165, 1.54) is 0 Å². The van der Waals surface area contributed by atoms with Gasteiger partial charge in [0.2, 0.25) is 5.91 Å². The van der Waals surface area contributed by atoms with Crippen LogP contribution in [0.25, 0.3) is 0 Å². The molecule has 1 fully saturated rings. The summed E-state index contributed by atoms with van der Waals surface area (Å²) in [6, 6.07) is 0. The van der Waals surface area contributed by atoms with Crippen LogP contribution in [0.3, 0.4) is 0 Å². The van der Waals surface area contributed by atoms with E-state index in [1.807, 2.05) is 20.9 Å². The molecule has 0 saturated heterocycles. The summed E-state index contributed by atoms with van der Waals surface area (Å²) < 4.78 is 1.75. The fourth-order valence-electron chi connectivity index (χ4n) is 3.52. The summed E-state index contributed by atoms with van der Waals surface area (Å²) in [5, 5.41) is 16.8. The Labute approximate surface area is 137 Å². The van der Waals surface area contributed by atoms with Crippen molar-refractivity contribution in [1.82, 2.24) is 15.1 Å². The molecule has 0 atom stereocenters. The largest absolute Gasteiger partial charge is 0.480 e. The van der Waals surface area contributed by atoms with Crippen LogP contribution in [0.2, 0.25) is 0 Å². The molecular weight excluding hydrogens is 294 g/mol. The maximum absolute atomic E-state index is 12.4. The highest BCUT2D eigenvalue weighted by atomic mass is 16.4. The first-order valence-corrected chi connectivity index (χ1v) is 8.32. The predicted molar refractivity (Wildman–Crippen MR) is 87.1 cm³/mol. The molecular formula is C17H27N3O3. The van der Waals surface area contributed by atoms with Crippen molar-refractivity contribution < 1.29 is 14.7 Å². The van der Waals surface area contributed by atoms with Crippen LogP contribution in [0.1, 0.15) is 56.0 Å². The first kappa shape index (κ1) is 17.5. The van der Waals surface area contributed by atoms with Gasteiger partial charge in [-0.25, -0.2) is 4.79 Å². The SMILES string of the molecule is CCC1CCC(NC(=O)Cc2c(C)nn(C)c2C)(C(=O)O)CC1. The monoisotopic (exact) mass is 321 g/mol. The molecule has 0 radical (unpaired) electrons. The Morgan fingerprint density at radius 3 is 2.39 bits per heavy atom. The Kier molecular flexibility index (Phi) is 5.12. The lowest BCUT2D eigenvalue weighted by molar-refractivity contribution is -0.149. The first-order chi connectivity index (χ1) is 10.8. The highest BCUT2D eigenvalue weighted by Gasteiger charge is 2.42. The Balaban J connectivity index is 2.09. The number of amides is 1. The average molecular weight is 321 g/mol. The molecule has 0 aliphatic heterocycles. The summed E-state index contributed by atoms with van der Waals surface area (Å²) in [6.45, 7) is 5.92. The number of aryl methyl sites for hydroxylation is 2. The van der Waals surface area contributed by atoms with Gasteiger partial charge >= 0.3 is 5.97 Å². The van der Waals surface area contributed by atoms with Gasteiger partial charge < -0.3 is 10.4 Å². The molecule has 0 spiro atoms. The van der Waals surface area contributed by atoms with Crippen molar-refractivity contribution in [2.24, 2.45) is 13.0 Å². The molecule has 0 unspecified atom stereocenters. The van der Waals surface area contributed by atoms with Crippen LogP contribution in [-0.4, -0.2) is 32.3 Å². The number of aliphatic carboxylic acids is 1. The quantitative estimate of drug-likeness (QED) is 0.870. The van der Waals surface area contributed by atoms with Crippen molar-refractivity contribution in [2.75, 3.05) is 0 Å². The van der Waals surface area contributed by atoms with E-state index in [4.69, 9.17) is 0 Å². The van der Waals surface area contributed by atoms with Crippen LogP contribution in [-0.2, 0) is 23.1 Å². The number of carbonyl (C=O) groups excluding carboxylic acids is 1. The van der Waals surface area contributed by atoms with Gasteiger partial charge in [-0.3, -0.25) is 9.48 Å². The van der Waals surface area contributed by atoms with Gasteiger partial charge in [0, 0.05) is 18.3 Å². The van der Waals surface area contributed by atoms with Gasteiger partial charge in [-0.1, -0.05) is 13.3 Å². The second-order valence-electron chi connectivity index (χ2n) is 6.74. The van der Waals surface area contributed by atoms with Gasteiger partial charge in [-0.15, -0.1) is 0 Å². The molecule has 1 aromatic heterocycles. The van der Waals surface area contributed by atoms with Crippen LogP contribution in [0.4, 0.5) is 0 Å². The molecule has 2 N–H and O–H groups in total. The molecule has 1 saturated carbocycles. The Morgan fingerprint density at radius 1 is 1.35 bits per heavy atom. The normalized spacial score (nSPS) is 24.4. The van der Waals surface area contributed by atoms with Gasteiger partial charge in [0.25, 0.3) is 0 Å². The second-order valence-corrected chi connectivity index (χ2v) is 6.74. The third kappa shape index (κ3) is 3.57. The summed E-state index contributed by atoms with van der Waals surface area (Å²) in [5.74, 6) is -0.580. The highest BCUT2D eigenvalue weighted by molar-refractivity contribution is 5.88. The van der Waals surface area contributed by atoms with Crippen molar-refractivity contribution in [3.63, 3.8) is 0 Å². The average Bonchev–Trinajstić information content (AvgIpc) is 2.74. The van der Waals surface area contributed by atoms with Gasteiger partial charge in [0.1, 0.15) is 5.54 Å². The maximum atomic E-state index is 12.4. The summed E-state index contributed by atoms with van der Waals surface area (Å²) in [7, 11) is 1.84. The topological polar surface area (TPSA) is 84.2 Å². The molecule has 6 nitrogen and oxygen atoms in total. The molecule has 0 bridgehead atoms. The van der Waals surface area contributed by atoms with E-state index in [-0.39, 0.29) is 12.3 Å². The van der Waals surface area contributed by atoms with Crippen molar-refractivity contribution >= 4 is 11.9 Å². The molecule has 23 heavy (non-hydrogen) atoms. The van der Waals surface area contributed by atoms with E-state index in [0.717, 1.165) is 36.2 Å². The molecule has 1 aliphatic carbocycles. The zero-order valence-electron chi connectivity index (χ0n) is 14.5. The molecule has 2 rings (SSSR count). The molecule has 1 aliphatic rings. The predicted octanol–water partition coefficient (Wildman–Crippen LogP) is 2.12. The van der Waals surface area contributed by atoms with E-state index in [1.54, 1.807) is 4.68 Å². The molecule has 6 heteroatoms. The fraction of sp³-hybridized carbons (Fsp3) is 0.706. The van der Waals surface area contributed by atoms with E-state index >= 15 is 0 Å². The fourth-order valence-corrected chi connectivity index (χ4v) is 3.52. The van der Waals surface area contributed by atoms with E-state index in [0.29, 0.717) is 18.8 Å². The van der Waals surface area contributed by atoms with E-state index in [9.17, 15) is 14.7 Å². The second kappa shape index (κ2) is 6.72. The molecule has 1 aromatic rings. The van der Waals surface area contributed by atoms with Gasteiger partial charge in [0.05, 0.1) is 12.1 Å². The third-order valence-electron chi connectivity index (χ3n) is 5.32. The lowest BCUT2D eigenvalue weighted by Gasteiger charge is -2.37. The molecule has 1 amide bonds. The van der Waals surface area contributed by atoms with E-state index < -0.39 is 11.5 Å². The number of hydrogen-bond donors (Lipinski definition) is 2. The number of carbonyl (C=O) groups is 2. The lowest BCUT2D eigenvalue weighted by Crippen LogP contribution is -2.56. The zero-order chi connectivity index (χ0) is 17.2. The first-order valence-electron chi connectivity index (χ1n) is 8.32. The zero-order valence-corrected chi connectivity index (χ0v) is 14.5. The van der Waals surface area contributed by atoms with Crippen LogP contribution in [0.15, 0.2) is 0 Å². The van der Waals surface area contributed by atoms with Gasteiger partial charge in [-0.2, -0.15) is 5.10 Å². The number of hydrogen-bond acceptors (Lipinski definition) is 3. The Hall–Kier alpha value is -1.85. The van der Waals surface area contributed by atoms with Crippen molar-refractivity contribution in [2.45, 2.75) is 64.8 Å². The summed E-state index contributed by atoms with van der Waals surface area (Å²) in [5.41, 5.74) is 1.54. The standard InChI is InChI=1S/C17H27N3O3/c1-5-13-6-8-17(9-7-13,16(22)23)18-15(21)10-14-11(2)19-20(4)12(14)3/h13H,5-10H2,1-4H3,(H,18,21)(H,22,23). The van der Waals surface area contributed by atoms with Crippen molar-refractivity contribution in [3.05, 3.63) is 17.0 Å². The molecule has 0 aromatic carbocycles. The number of nitrogens with one attached hydrogen (secondary N) is 1. The molecule has 128 valence electrons. The number of nitrogens with zero attached hydrogens (tertiary/aromatic N) is 2. The maximum Gasteiger partial charge on any atom is 0.329 e.